The van der Waals surface area contributed by atoms with Crippen LogP contribution >= 0.6 is 11.3 Å². The molecule has 3 rings (SSSR count). The first-order valence-corrected chi connectivity index (χ1v) is 7.41. The van der Waals surface area contributed by atoms with Gasteiger partial charge >= 0.3 is 0 Å². The molecule has 0 spiro atoms. The Bertz CT molecular complexity index is 776. The summed E-state index contributed by atoms with van der Waals surface area (Å²) in [7, 11) is -3.52. The van der Waals surface area contributed by atoms with Gasteiger partial charge in [-0.25, -0.2) is 13.4 Å². The Morgan fingerprint density at radius 3 is 2.94 bits per heavy atom. The highest BCUT2D eigenvalue weighted by Gasteiger charge is 2.15. The molecule has 1 N–H and O–H groups in total. The Balaban J connectivity index is 1.97. The summed E-state index contributed by atoms with van der Waals surface area (Å²) in [5.41, 5.74) is 1.68. The summed E-state index contributed by atoms with van der Waals surface area (Å²) in [6.45, 7) is 0. The zero-order chi connectivity index (χ0) is 12.6. The summed E-state index contributed by atoms with van der Waals surface area (Å²) in [6.07, 6.45) is 1.32. The van der Waals surface area contributed by atoms with E-state index in [9.17, 15) is 8.42 Å². The standard InChI is InChI=1S/C11H8N2O3S2/c14-18(15,11-2-1-5-17-11)13-8-3-4-9-10(6-8)16-7-12-9/h1-7,13H. The average molecular weight is 280 g/mol. The Morgan fingerprint density at radius 2 is 2.17 bits per heavy atom. The zero-order valence-corrected chi connectivity index (χ0v) is 10.7. The van der Waals surface area contributed by atoms with Gasteiger partial charge in [0.15, 0.2) is 12.0 Å². The van der Waals surface area contributed by atoms with E-state index >= 15 is 0 Å². The second kappa shape index (κ2) is 4.11. The molecular weight excluding hydrogens is 272 g/mol. The van der Waals surface area contributed by atoms with Crippen LogP contribution in [0.4, 0.5) is 5.69 Å². The van der Waals surface area contributed by atoms with Crippen LogP contribution in [0.1, 0.15) is 0 Å². The molecule has 92 valence electrons. The monoisotopic (exact) mass is 280 g/mol. The Morgan fingerprint density at radius 1 is 1.28 bits per heavy atom. The molecule has 0 unspecified atom stereocenters. The highest BCUT2D eigenvalue weighted by molar-refractivity contribution is 7.94. The van der Waals surface area contributed by atoms with Crippen LogP contribution < -0.4 is 4.72 Å². The molecule has 0 aliphatic carbocycles. The second-order valence-electron chi connectivity index (χ2n) is 3.57. The molecular formula is C11H8N2O3S2. The Labute approximate surface area is 107 Å². The fourth-order valence-corrected chi connectivity index (χ4v) is 3.58. The molecule has 1 aromatic carbocycles. The number of nitrogens with one attached hydrogen (secondary N) is 1. The third-order valence-electron chi connectivity index (χ3n) is 2.34. The van der Waals surface area contributed by atoms with Crippen molar-refractivity contribution in [3.8, 4) is 0 Å². The van der Waals surface area contributed by atoms with Crippen molar-refractivity contribution in [3.63, 3.8) is 0 Å². The molecule has 0 aliphatic rings. The number of fused-ring (bicyclic) bond motifs is 1. The topological polar surface area (TPSA) is 72.2 Å². The maximum absolute atomic E-state index is 12.0. The normalized spacial score (nSPS) is 11.8. The third kappa shape index (κ3) is 1.98. The lowest BCUT2D eigenvalue weighted by Crippen LogP contribution is -2.11. The summed E-state index contributed by atoms with van der Waals surface area (Å²) >= 11 is 1.17. The number of oxazole rings is 1. The third-order valence-corrected chi connectivity index (χ3v) is 5.12. The summed E-state index contributed by atoms with van der Waals surface area (Å²) in [5, 5.41) is 1.72. The van der Waals surface area contributed by atoms with Crippen molar-refractivity contribution >= 4 is 38.1 Å². The van der Waals surface area contributed by atoms with Gasteiger partial charge in [-0.05, 0) is 23.6 Å². The molecule has 7 heteroatoms. The van der Waals surface area contributed by atoms with Crippen molar-refractivity contribution in [2.75, 3.05) is 4.72 Å². The number of hydrogen-bond donors (Lipinski definition) is 1. The van der Waals surface area contributed by atoms with E-state index in [0.717, 1.165) is 0 Å². The van der Waals surface area contributed by atoms with Crippen molar-refractivity contribution in [1.29, 1.82) is 0 Å². The molecule has 5 nitrogen and oxygen atoms in total. The van der Waals surface area contributed by atoms with E-state index in [0.29, 0.717) is 16.8 Å². The van der Waals surface area contributed by atoms with Gasteiger partial charge in [0.05, 0.1) is 5.69 Å². The minimum Gasteiger partial charge on any atom is -0.443 e. The van der Waals surface area contributed by atoms with E-state index in [1.165, 1.54) is 17.7 Å². The van der Waals surface area contributed by atoms with Crippen LogP contribution in [0, 0.1) is 0 Å². The fourth-order valence-electron chi connectivity index (χ4n) is 1.54. The van der Waals surface area contributed by atoms with Crippen molar-refractivity contribution in [2.45, 2.75) is 4.21 Å². The minimum atomic E-state index is -3.52. The van der Waals surface area contributed by atoms with Crippen LogP contribution in [-0.4, -0.2) is 13.4 Å². The number of anilines is 1. The van der Waals surface area contributed by atoms with E-state index in [4.69, 9.17) is 4.42 Å². The molecule has 0 aliphatic heterocycles. The molecule has 0 saturated carbocycles. The molecule has 2 heterocycles. The molecule has 2 aromatic heterocycles. The van der Waals surface area contributed by atoms with Gasteiger partial charge in [0.1, 0.15) is 9.73 Å². The number of thiophene rings is 1. The molecule has 0 atom stereocenters. The lowest BCUT2D eigenvalue weighted by molar-refractivity contribution is 0.602. The quantitative estimate of drug-likeness (QED) is 0.800. The predicted molar refractivity (Wildman–Crippen MR) is 69.1 cm³/mol. The van der Waals surface area contributed by atoms with Gasteiger partial charge in [0.2, 0.25) is 0 Å². The van der Waals surface area contributed by atoms with Gasteiger partial charge in [0.25, 0.3) is 10.0 Å². The maximum atomic E-state index is 12.0. The summed E-state index contributed by atoms with van der Waals surface area (Å²) < 4.78 is 31.9. The van der Waals surface area contributed by atoms with E-state index in [1.54, 1.807) is 35.7 Å². The van der Waals surface area contributed by atoms with E-state index in [2.05, 4.69) is 9.71 Å². The molecule has 18 heavy (non-hydrogen) atoms. The molecule has 0 amide bonds. The number of hydrogen-bond acceptors (Lipinski definition) is 5. The number of benzene rings is 1. The minimum absolute atomic E-state index is 0.278. The van der Waals surface area contributed by atoms with Crippen LogP contribution in [0.3, 0.4) is 0 Å². The number of rotatable bonds is 3. The van der Waals surface area contributed by atoms with Gasteiger partial charge in [-0.3, -0.25) is 4.72 Å². The zero-order valence-electron chi connectivity index (χ0n) is 9.03. The molecule has 3 aromatic rings. The first kappa shape index (κ1) is 11.2. The lowest BCUT2D eigenvalue weighted by Gasteiger charge is -2.05. The van der Waals surface area contributed by atoms with Crippen LogP contribution in [0.5, 0.6) is 0 Å². The van der Waals surface area contributed by atoms with E-state index in [1.807, 2.05) is 0 Å². The lowest BCUT2D eigenvalue weighted by atomic mass is 10.3. The van der Waals surface area contributed by atoms with Crippen LogP contribution in [0.25, 0.3) is 11.1 Å². The Hall–Kier alpha value is -1.86. The molecule has 0 radical (unpaired) electrons. The first-order chi connectivity index (χ1) is 8.65. The summed E-state index contributed by atoms with van der Waals surface area (Å²) in [6, 6.07) is 8.20. The van der Waals surface area contributed by atoms with Gasteiger partial charge in [-0.15, -0.1) is 11.3 Å². The van der Waals surface area contributed by atoms with E-state index in [-0.39, 0.29) is 4.21 Å². The van der Waals surface area contributed by atoms with Crippen molar-refractivity contribution in [1.82, 2.24) is 4.98 Å². The Kier molecular flexibility index (Phi) is 2.57. The SMILES string of the molecule is O=S(=O)(Nc1ccc2ncoc2c1)c1cccs1. The average Bonchev–Trinajstić information content (AvgIpc) is 2.99. The van der Waals surface area contributed by atoms with Crippen molar-refractivity contribution < 1.29 is 12.8 Å². The largest absolute Gasteiger partial charge is 0.443 e. The van der Waals surface area contributed by atoms with Crippen molar-refractivity contribution in [3.05, 3.63) is 42.1 Å². The maximum Gasteiger partial charge on any atom is 0.271 e. The highest BCUT2D eigenvalue weighted by atomic mass is 32.2. The molecule has 0 fully saturated rings. The van der Waals surface area contributed by atoms with Gasteiger partial charge in [0, 0.05) is 6.07 Å². The molecule has 0 bridgehead atoms. The summed E-state index contributed by atoms with van der Waals surface area (Å²) in [4.78, 5) is 3.96. The van der Waals surface area contributed by atoms with Gasteiger partial charge < -0.3 is 4.42 Å². The highest BCUT2D eigenvalue weighted by Crippen LogP contribution is 2.22. The van der Waals surface area contributed by atoms with Crippen molar-refractivity contribution in [2.24, 2.45) is 0 Å². The van der Waals surface area contributed by atoms with Crippen LogP contribution in [0.15, 0.2) is 50.7 Å². The number of nitrogens with zero attached hydrogens (tertiary/aromatic N) is 1. The van der Waals surface area contributed by atoms with Gasteiger partial charge in [-0.2, -0.15) is 0 Å². The number of sulfonamides is 1. The predicted octanol–water partition coefficient (Wildman–Crippen LogP) is 2.69. The number of aromatic nitrogens is 1. The fraction of sp³-hybridized carbons (Fsp3) is 0. The smallest absolute Gasteiger partial charge is 0.271 e. The second-order valence-corrected chi connectivity index (χ2v) is 6.43. The molecule has 0 saturated heterocycles. The van der Waals surface area contributed by atoms with E-state index < -0.39 is 10.0 Å². The van der Waals surface area contributed by atoms with Crippen LogP contribution in [0.2, 0.25) is 0 Å². The van der Waals surface area contributed by atoms with Gasteiger partial charge in [-0.1, -0.05) is 6.07 Å². The first-order valence-electron chi connectivity index (χ1n) is 5.05. The van der Waals surface area contributed by atoms with Crippen LogP contribution in [-0.2, 0) is 10.0 Å². The summed E-state index contributed by atoms with van der Waals surface area (Å²) in [5.74, 6) is 0.